The Morgan fingerprint density at radius 3 is 2.61 bits per heavy atom. The molecule has 1 N–H and O–H groups in total. The fourth-order valence-corrected chi connectivity index (χ4v) is 3.89. The summed E-state index contributed by atoms with van der Waals surface area (Å²) < 4.78 is 1.16. The van der Waals surface area contributed by atoms with Gasteiger partial charge in [0.05, 0.1) is 0 Å². The van der Waals surface area contributed by atoms with Crippen molar-refractivity contribution in [3.63, 3.8) is 0 Å². The molecule has 3 heteroatoms. The van der Waals surface area contributed by atoms with Gasteiger partial charge in [0.2, 0.25) is 0 Å². The lowest BCUT2D eigenvalue weighted by Crippen LogP contribution is -2.27. The first kappa shape index (κ1) is 12.5. The molecule has 2 atom stereocenters. The summed E-state index contributed by atoms with van der Waals surface area (Å²) in [5, 5.41) is 3.52. The maximum Gasteiger partial charge on any atom is 0.0485 e. The molecule has 2 nitrogen and oxygen atoms in total. The van der Waals surface area contributed by atoms with E-state index in [9.17, 15) is 0 Å². The largest absolute Gasteiger partial charge is 0.383 e. The Morgan fingerprint density at radius 2 is 1.89 bits per heavy atom. The Bertz CT molecular complexity index is 395. The Balaban J connectivity index is 1.44. The van der Waals surface area contributed by atoms with E-state index in [2.05, 4.69) is 50.4 Å². The number of rotatable bonds is 4. The minimum atomic E-state index is 1.01. The van der Waals surface area contributed by atoms with Crippen LogP contribution in [0.3, 0.4) is 0 Å². The number of fused-ring (bicyclic) bond motifs is 1. The Kier molecular flexibility index (Phi) is 3.90. The van der Waals surface area contributed by atoms with Crippen LogP contribution in [0.1, 0.15) is 19.3 Å². The molecule has 1 aromatic carbocycles. The molecular weight excluding hydrogens is 288 g/mol. The first-order chi connectivity index (χ1) is 8.83. The topological polar surface area (TPSA) is 15.3 Å². The third-order valence-corrected chi connectivity index (χ3v) is 5.11. The van der Waals surface area contributed by atoms with Crippen LogP contribution in [0, 0.1) is 11.8 Å². The average molecular weight is 309 g/mol. The van der Waals surface area contributed by atoms with E-state index in [4.69, 9.17) is 0 Å². The number of nitrogens with zero attached hydrogens (tertiary/aromatic N) is 1. The molecule has 0 aromatic heterocycles. The quantitative estimate of drug-likeness (QED) is 0.914. The van der Waals surface area contributed by atoms with Crippen LogP contribution in [-0.2, 0) is 0 Å². The van der Waals surface area contributed by atoms with Crippen molar-refractivity contribution >= 4 is 21.6 Å². The van der Waals surface area contributed by atoms with E-state index < -0.39 is 0 Å². The first-order valence-electron chi connectivity index (χ1n) is 7.03. The molecule has 1 aromatic rings. The lowest BCUT2D eigenvalue weighted by Gasteiger charge is -2.17. The van der Waals surface area contributed by atoms with Crippen LogP contribution in [0.4, 0.5) is 5.69 Å². The number of likely N-dealkylation sites (tertiary alicyclic amines) is 1. The van der Waals surface area contributed by atoms with Crippen LogP contribution in [0.5, 0.6) is 0 Å². The van der Waals surface area contributed by atoms with Crippen molar-refractivity contribution in [1.82, 2.24) is 4.90 Å². The number of hydrogen-bond donors (Lipinski definition) is 1. The Hall–Kier alpha value is -0.540. The SMILES string of the molecule is Brc1ccccc1NCCN1CC2CCCC2C1. The predicted molar refractivity (Wildman–Crippen MR) is 79.9 cm³/mol. The van der Waals surface area contributed by atoms with Crippen molar-refractivity contribution in [2.45, 2.75) is 19.3 Å². The highest BCUT2D eigenvalue weighted by Crippen LogP contribution is 2.37. The van der Waals surface area contributed by atoms with E-state index in [0.29, 0.717) is 0 Å². The molecular formula is C15H21BrN2. The van der Waals surface area contributed by atoms with Gasteiger partial charge >= 0.3 is 0 Å². The second kappa shape index (κ2) is 5.62. The van der Waals surface area contributed by atoms with Gasteiger partial charge in [0.25, 0.3) is 0 Å². The monoisotopic (exact) mass is 308 g/mol. The zero-order valence-electron chi connectivity index (χ0n) is 10.7. The molecule has 1 heterocycles. The number of hydrogen-bond acceptors (Lipinski definition) is 2. The van der Waals surface area contributed by atoms with Gasteiger partial charge in [0.15, 0.2) is 0 Å². The number of nitrogens with one attached hydrogen (secondary N) is 1. The van der Waals surface area contributed by atoms with Crippen molar-refractivity contribution in [2.24, 2.45) is 11.8 Å². The predicted octanol–water partition coefficient (Wildman–Crippen LogP) is 3.59. The molecule has 1 saturated heterocycles. The van der Waals surface area contributed by atoms with Crippen LogP contribution in [0.2, 0.25) is 0 Å². The molecule has 2 unspecified atom stereocenters. The fourth-order valence-electron chi connectivity index (χ4n) is 3.47. The summed E-state index contributed by atoms with van der Waals surface area (Å²) in [6.45, 7) is 4.89. The zero-order chi connectivity index (χ0) is 12.4. The second-order valence-electron chi connectivity index (χ2n) is 5.62. The van der Waals surface area contributed by atoms with Gasteiger partial charge in [0, 0.05) is 36.3 Å². The Labute approximate surface area is 118 Å². The molecule has 1 aliphatic carbocycles. The third-order valence-electron chi connectivity index (χ3n) is 4.42. The maximum atomic E-state index is 3.57. The van der Waals surface area contributed by atoms with Crippen molar-refractivity contribution in [1.29, 1.82) is 0 Å². The highest BCUT2D eigenvalue weighted by molar-refractivity contribution is 9.10. The molecule has 3 rings (SSSR count). The normalized spacial score (nSPS) is 27.4. The van der Waals surface area contributed by atoms with Gasteiger partial charge in [-0.1, -0.05) is 18.6 Å². The molecule has 0 bridgehead atoms. The van der Waals surface area contributed by atoms with E-state index in [1.165, 1.54) is 44.6 Å². The van der Waals surface area contributed by atoms with Crippen LogP contribution in [0.15, 0.2) is 28.7 Å². The van der Waals surface area contributed by atoms with E-state index >= 15 is 0 Å². The van der Waals surface area contributed by atoms with Gasteiger partial charge < -0.3 is 10.2 Å². The molecule has 1 aliphatic heterocycles. The average Bonchev–Trinajstić information content (AvgIpc) is 2.92. The second-order valence-corrected chi connectivity index (χ2v) is 6.47. The van der Waals surface area contributed by atoms with E-state index in [-0.39, 0.29) is 0 Å². The van der Waals surface area contributed by atoms with Gasteiger partial charge in [-0.3, -0.25) is 0 Å². The lowest BCUT2D eigenvalue weighted by atomic mass is 10.0. The number of benzene rings is 1. The summed E-state index contributed by atoms with van der Waals surface area (Å²) in [5.74, 6) is 2.02. The number of para-hydroxylation sites is 1. The highest BCUT2D eigenvalue weighted by Gasteiger charge is 2.35. The van der Waals surface area contributed by atoms with E-state index in [1.807, 2.05) is 0 Å². The summed E-state index contributed by atoms with van der Waals surface area (Å²) >= 11 is 3.57. The Morgan fingerprint density at radius 1 is 1.17 bits per heavy atom. The minimum absolute atomic E-state index is 1.01. The van der Waals surface area contributed by atoms with Crippen LogP contribution >= 0.6 is 15.9 Å². The summed E-state index contributed by atoms with van der Waals surface area (Å²) in [7, 11) is 0. The smallest absolute Gasteiger partial charge is 0.0485 e. The fraction of sp³-hybridized carbons (Fsp3) is 0.600. The van der Waals surface area contributed by atoms with Crippen molar-refractivity contribution in [2.75, 3.05) is 31.5 Å². The number of halogens is 1. The van der Waals surface area contributed by atoms with Crippen molar-refractivity contribution < 1.29 is 0 Å². The molecule has 0 radical (unpaired) electrons. The molecule has 98 valence electrons. The first-order valence-corrected chi connectivity index (χ1v) is 7.83. The van der Waals surface area contributed by atoms with Crippen LogP contribution in [-0.4, -0.2) is 31.1 Å². The molecule has 2 fully saturated rings. The lowest BCUT2D eigenvalue weighted by molar-refractivity contribution is 0.323. The highest BCUT2D eigenvalue weighted by atomic mass is 79.9. The molecule has 2 aliphatic rings. The van der Waals surface area contributed by atoms with Crippen molar-refractivity contribution in [3.05, 3.63) is 28.7 Å². The summed E-state index contributed by atoms with van der Waals surface area (Å²) in [6.07, 6.45) is 4.41. The number of anilines is 1. The summed E-state index contributed by atoms with van der Waals surface area (Å²) in [5.41, 5.74) is 1.21. The van der Waals surface area contributed by atoms with Gasteiger partial charge in [-0.15, -0.1) is 0 Å². The third kappa shape index (κ3) is 2.72. The summed E-state index contributed by atoms with van der Waals surface area (Å²) in [6, 6.07) is 8.34. The van der Waals surface area contributed by atoms with Crippen LogP contribution in [0.25, 0.3) is 0 Å². The molecule has 0 amide bonds. The molecule has 0 spiro atoms. The van der Waals surface area contributed by atoms with Gasteiger partial charge in [-0.05, 0) is 52.7 Å². The van der Waals surface area contributed by atoms with Gasteiger partial charge in [0.1, 0.15) is 0 Å². The molecule has 1 saturated carbocycles. The zero-order valence-corrected chi connectivity index (χ0v) is 12.3. The molecule has 18 heavy (non-hydrogen) atoms. The van der Waals surface area contributed by atoms with Crippen LogP contribution < -0.4 is 5.32 Å². The van der Waals surface area contributed by atoms with E-state index in [0.717, 1.165) is 22.9 Å². The maximum absolute atomic E-state index is 3.57. The minimum Gasteiger partial charge on any atom is -0.383 e. The van der Waals surface area contributed by atoms with E-state index in [1.54, 1.807) is 0 Å². The summed E-state index contributed by atoms with van der Waals surface area (Å²) in [4.78, 5) is 2.64. The van der Waals surface area contributed by atoms with Gasteiger partial charge in [-0.25, -0.2) is 0 Å². The standard InChI is InChI=1S/C15H21BrN2/c16-14-6-1-2-7-15(14)17-8-9-18-10-12-4-3-5-13(12)11-18/h1-2,6-7,12-13,17H,3-5,8-11H2. The van der Waals surface area contributed by atoms with Crippen molar-refractivity contribution in [3.8, 4) is 0 Å². The van der Waals surface area contributed by atoms with Gasteiger partial charge in [-0.2, -0.15) is 0 Å².